The average Bonchev–Trinajstić information content (AvgIpc) is 2.78. The van der Waals surface area contributed by atoms with Gasteiger partial charge in [-0.1, -0.05) is 19.9 Å². The predicted molar refractivity (Wildman–Crippen MR) is 72.9 cm³/mol. The van der Waals surface area contributed by atoms with Crippen LogP contribution in [0.4, 0.5) is 0 Å². The van der Waals surface area contributed by atoms with E-state index in [1.165, 1.54) is 4.88 Å². The largest absolute Gasteiger partial charge is 0.348 e. The lowest BCUT2D eigenvalue weighted by atomic mass is 9.91. The molecular formula is C13H22N2OS. The summed E-state index contributed by atoms with van der Waals surface area (Å²) < 4.78 is 0. The molecule has 0 bridgehead atoms. The SMILES string of the molecule is CC(C)C(NC(=O)C(C)(C)CN)c1cccs1. The molecule has 3 N–H and O–H groups in total. The summed E-state index contributed by atoms with van der Waals surface area (Å²) in [6, 6.07) is 4.15. The first-order valence-electron chi connectivity index (χ1n) is 5.93. The summed E-state index contributed by atoms with van der Waals surface area (Å²) in [5.41, 5.74) is 5.11. The fourth-order valence-corrected chi connectivity index (χ4v) is 2.41. The van der Waals surface area contributed by atoms with Gasteiger partial charge in [0.25, 0.3) is 0 Å². The van der Waals surface area contributed by atoms with E-state index >= 15 is 0 Å². The van der Waals surface area contributed by atoms with Crippen LogP contribution in [0.1, 0.15) is 38.6 Å². The van der Waals surface area contributed by atoms with E-state index in [0.29, 0.717) is 12.5 Å². The molecule has 1 rings (SSSR count). The number of nitrogens with one attached hydrogen (secondary N) is 1. The summed E-state index contributed by atoms with van der Waals surface area (Å²) in [6.07, 6.45) is 0. The number of amides is 1. The van der Waals surface area contributed by atoms with E-state index in [1.807, 2.05) is 25.3 Å². The number of carbonyl (C=O) groups is 1. The van der Waals surface area contributed by atoms with Crippen molar-refractivity contribution in [3.63, 3.8) is 0 Å². The number of hydrogen-bond acceptors (Lipinski definition) is 3. The smallest absolute Gasteiger partial charge is 0.227 e. The maximum atomic E-state index is 12.1. The fourth-order valence-electron chi connectivity index (χ4n) is 1.46. The Bertz CT molecular complexity index is 358. The van der Waals surface area contributed by atoms with Gasteiger partial charge in [0.2, 0.25) is 5.91 Å². The quantitative estimate of drug-likeness (QED) is 0.848. The molecule has 0 aliphatic rings. The molecule has 0 saturated heterocycles. The van der Waals surface area contributed by atoms with Crippen molar-refractivity contribution in [2.45, 2.75) is 33.7 Å². The lowest BCUT2D eigenvalue weighted by Crippen LogP contribution is -2.44. The first-order chi connectivity index (χ1) is 7.88. The van der Waals surface area contributed by atoms with Gasteiger partial charge in [-0.3, -0.25) is 4.79 Å². The first-order valence-corrected chi connectivity index (χ1v) is 6.81. The van der Waals surface area contributed by atoms with Crippen LogP contribution in [0, 0.1) is 11.3 Å². The van der Waals surface area contributed by atoms with E-state index in [4.69, 9.17) is 5.73 Å². The average molecular weight is 254 g/mol. The van der Waals surface area contributed by atoms with Crippen molar-refractivity contribution >= 4 is 17.2 Å². The van der Waals surface area contributed by atoms with Crippen molar-refractivity contribution in [3.05, 3.63) is 22.4 Å². The highest BCUT2D eigenvalue weighted by Gasteiger charge is 2.29. The topological polar surface area (TPSA) is 55.1 Å². The number of thiophene rings is 1. The molecule has 1 heterocycles. The van der Waals surface area contributed by atoms with Gasteiger partial charge in [-0.2, -0.15) is 0 Å². The molecule has 1 atom stereocenters. The lowest BCUT2D eigenvalue weighted by molar-refractivity contribution is -0.130. The zero-order chi connectivity index (χ0) is 13.1. The van der Waals surface area contributed by atoms with E-state index < -0.39 is 5.41 Å². The minimum absolute atomic E-state index is 0.0205. The van der Waals surface area contributed by atoms with Gasteiger partial charge < -0.3 is 11.1 Å². The van der Waals surface area contributed by atoms with Crippen LogP contribution in [-0.4, -0.2) is 12.5 Å². The van der Waals surface area contributed by atoms with E-state index in [2.05, 4.69) is 25.2 Å². The standard InChI is InChI=1S/C13H22N2OS/c1-9(2)11(10-6-5-7-17-10)15-12(16)13(3,4)8-14/h5-7,9,11H,8,14H2,1-4H3,(H,15,16). The number of carbonyl (C=O) groups excluding carboxylic acids is 1. The van der Waals surface area contributed by atoms with E-state index in [-0.39, 0.29) is 11.9 Å². The zero-order valence-electron chi connectivity index (χ0n) is 11.0. The van der Waals surface area contributed by atoms with Crippen LogP contribution < -0.4 is 11.1 Å². The summed E-state index contributed by atoms with van der Waals surface area (Å²) in [6.45, 7) is 8.32. The summed E-state index contributed by atoms with van der Waals surface area (Å²) in [5.74, 6) is 0.387. The molecular weight excluding hydrogens is 232 g/mol. The Morgan fingerprint density at radius 2 is 2.18 bits per heavy atom. The highest BCUT2D eigenvalue weighted by molar-refractivity contribution is 7.10. The molecule has 1 aromatic rings. The third-order valence-corrected chi connectivity index (χ3v) is 3.88. The maximum absolute atomic E-state index is 12.1. The minimum Gasteiger partial charge on any atom is -0.348 e. The van der Waals surface area contributed by atoms with Crippen LogP contribution in [-0.2, 0) is 4.79 Å². The molecule has 96 valence electrons. The third-order valence-electron chi connectivity index (χ3n) is 2.93. The van der Waals surface area contributed by atoms with Gasteiger partial charge in [0.05, 0.1) is 11.5 Å². The molecule has 3 nitrogen and oxygen atoms in total. The van der Waals surface area contributed by atoms with Crippen LogP contribution in [0.3, 0.4) is 0 Å². The Morgan fingerprint density at radius 3 is 2.59 bits per heavy atom. The Morgan fingerprint density at radius 1 is 1.53 bits per heavy atom. The van der Waals surface area contributed by atoms with Gasteiger partial charge >= 0.3 is 0 Å². The summed E-state index contributed by atoms with van der Waals surface area (Å²) in [5, 5.41) is 5.13. The molecule has 0 saturated carbocycles. The maximum Gasteiger partial charge on any atom is 0.227 e. The van der Waals surface area contributed by atoms with Gasteiger partial charge in [0, 0.05) is 11.4 Å². The second-order valence-electron chi connectivity index (χ2n) is 5.30. The third kappa shape index (κ3) is 3.54. The Kier molecular flexibility index (Phi) is 4.71. The van der Waals surface area contributed by atoms with Crippen molar-refractivity contribution < 1.29 is 4.79 Å². The molecule has 0 fully saturated rings. The van der Waals surface area contributed by atoms with Crippen molar-refractivity contribution in [3.8, 4) is 0 Å². The molecule has 0 radical (unpaired) electrons. The molecule has 17 heavy (non-hydrogen) atoms. The predicted octanol–water partition coefficient (Wildman–Crippen LogP) is 2.55. The van der Waals surface area contributed by atoms with Crippen LogP contribution in [0.2, 0.25) is 0 Å². The second-order valence-corrected chi connectivity index (χ2v) is 6.28. The lowest BCUT2D eigenvalue weighted by Gasteiger charge is -2.27. The Hall–Kier alpha value is -0.870. The molecule has 1 amide bonds. The summed E-state index contributed by atoms with van der Waals surface area (Å²) >= 11 is 1.67. The monoisotopic (exact) mass is 254 g/mol. The summed E-state index contributed by atoms with van der Waals surface area (Å²) in [7, 11) is 0. The zero-order valence-corrected chi connectivity index (χ0v) is 11.8. The Labute approximate surface area is 107 Å². The highest BCUT2D eigenvalue weighted by Crippen LogP contribution is 2.27. The van der Waals surface area contributed by atoms with Gasteiger partial charge in [-0.25, -0.2) is 0 Å². The van der Waals surface area contributed by atoms with Crippen molar-refractivity contribution in [1.29, 1.82) is 0 Å². The van der Waals surface area contributed by atoms with Crippen LogP contribution in [0.25, 0.3) is 0 Å². The molecule has 1 aromatic heterocycles. The van der Waals surface area contributed by atoms with Crippen LogP contribution in [0.5, 0.6) is 0 Å². The van der Waals surface area contributed by atoms with Crippen molar-refractivity contribution in [2.24, 2.45) is 17.1 Å². The molecule has 0 aliphatic carbocycles. The molecule has 4 heteroatoms. The van der Waals surface area contributed by atoms with Gasteiger partial charge in [-0.05, 0) is 31.2 Å². The van der Waals surface area contributed by atoms with Gasteiger partial charge in [0.1, 0.15) is 0 Å². The van der Waals surface area contributed by atoms with Crippen molar-refractivity contribution in [2.75, 3.05) is 6.54 Å². The normalized spacial score (nSPS) is 13.8. The number of rotatable bonds is 5. The van der Waals surface area contributed by atoms with Gasteiger partial charge in [-0.15, -0.1) is 11.3 Å². The molecule has 1 unspecified atom stereocenters. The van der Waals surface area contributed by atoms with Crippen LogP contribution >= 0.6 is 11.3 Å². The second kappa shape index (κ2) is 5.65. The van der Waals surface area contributed by atoms with Crippen LogP contribution in [0.15, 0.2) is 17.5 Å². The highest BCUT2D eigenvalue weighted by atomic mass is 32.1. The van der Waals surface area contributed by atoms with E-state index in [0.717, 1.165) is 0 Å². The molecule has 0 spiro atoms. The fraction of sp³-hybridized carbons (Fsp3) is 0.615. The molecule has 0 aromatic carbocycles. The summed E-state index contributed by atoms with van der Waals surface area (Å²) in [4.78, 5) is 13.3. The van der Waals surface area contributed by atoms with Crippen molar-refractivity contribution in [1.82, 2.24) is 5.32 Å². The van der Waals surface area contributed by atoms with Gasteiger partial charge in [0.15, 0.2) is 0 Å². The number of hydrogen-bond donors (Lipinski definition) is 2. The number of nitrogens with two attached hydrogens (primary N) is 1. The Balaban J connectivity index is 2.79. The molecule has 0 aliphatic heterocycles. The first kappa shape index (κ1) is 14.2. The van der Waals surface area contributed by atoms with E-state index in [9.17, 15) is 4.79 Å². The minimum atomic E-state index is -0.510. The van der Waals surface area contributed by atoms with E-state index in [1.54, 1.807) is 11.3 Å².